The van der Waals surface area contributed by atoms with E-state index in [4.69, 9.17) is 4.98 Å². The van der Waals surface area contributed by atoms with Crippen molar-refractivity contribution in [3.05, 3.63) is 83.6 Å². The van der Waals surface area contributed by atoms with Gasteiger partial charge in [0.1, 0.15) is 23.2 Å². The summed E-state index contributed by atoms with van der Waals surface area (Å²) in [6.07, 6.45) is 5.81. The van der Waals surface area contributed by atoms with Crippen LogP contribution in [0.1, 0.15) is 35.6 Å². The van der Waals surface area contributed by atoms with E-state index >= 15 is 0 Å². The number of rotatable bonds is 4. The highest BCUT2D eigenvalue weighted by atomic mass is 19.1. The number of hydrogen-bond acceptors (Lipinski definition) is 4. The van der Waals surface area contributed by atoms with Crippen molar-refractivity contribution in [1.82, 2.24) is 24.8 Å². The van der Waals surface area contributed by atoms with Gasteiger partial charge in [-0.1, -0.05) is 12.1 Å². The molecule has 2 N–H and O–H groups in total. The molecular formula is C27H23FN6. The van der Waals surface area contributed by atoms with Crippen LogP contribution < -0.4 is 5.32 Å². The fourth-order valence-corrected chi connectivity index (χ4v) is 4.98. The lowest BCUT2D eigenvalue weighted by Gasteiger charge is -2.21. The Bertz CT molecular complexity index is 1550. The summed E-state index contributed by atoms with van der Waals surface area (Å²) in [5.74, 6) is 0.222. The monoisotopic (exact) mass is 450 g/mol. The van der Waals surface area contributed by atoms with E-state index in [0.717, 1.165) is 59.2 Å². The normalized spacial score (nSPS) is 14.6. The zero-order valence-electron chi connectivity index (χ0n) is 18.6. The van der Waals surface area contributed by atoms with Crippen molar-refractivity contribution in [1.29, 1.82) is 5.26 Å². The Morgan fingerprint density at radius 2 is 1.97 bits per heavy atom. The first-order valence-corrected chi connectivity index (χ1v) is 11.5. The fourth-order valence-electron chi connectivity index (χ4n) is 4.98. The van der Waals surface area contributed by atoms with Crippen LogP contribution in [0.25, 0.3) is 33.3 Å². The van der Waals surface area contributed by atoms with Gasteiger partial charge in [-0.05, 0) is 67.9 Å². The fraction of sp³-hybridized carbons (Fsp3) is 0.222. The number of benzene rings is 1. The number of aromatic nitrogens is 4. The van der Waals surface area contributed by atoms with Crippen LogP contribution in [-0.2, 0) is 6.54 Å². The van der Waals surface area contributed by atoms with E-state index in [2.05, 4.69) is 27.4 Å². The highest BCUT2D eigenvalue weighted by molar-refractivity contribution is 5.94. The summed E-state index contributed by atoms with van der Waals surface area (Å²) in [6, 6.07) is 16.9. The predicted octanol–water partition coefficient (Wildman–Crippen LogP) is 5.11. The Morgan fingerprint density at radius 3 is 2.79 bits per heavy atom. The summed E-state index contributed by atoms with van der Waals surface area (Å²) >= 11 is 0. The van der Waals surface area contributed by atoms with Crippen molar-refractivity contribution < 1.29 is 4.39 Å². The maximum atomic E-state index is 13.7. The summed E-state index contributed by atoms with van der Waals surface area (Å²) in [7, 11) is 0. The molecule has 168 valence electrons. The summed E-state index contributed by atoms with van der Waals surface area (Å²) in [4.78, 5) is 13.1. The molecule has 1 saturated heterocycles. The molecule has 5 aromatic rings. The Morgan fingerprint density at radius 1 is 1.09 bits per heavy atom. The lowest BCUT2D eigenvalue weighted by Crippen LogP contribution is -2.26. The van der Waals surface area contributed by atoms with Crippen LogP contribution in [0.5, 0.6) is 0 Å². The minimum atomic E-state index is -0.278. The molecule has 0 amide bonds. The summed E-state index contributed by atoms with van der Waals surface area (Å²) in [6.45, 7) is 2.49. The first-order valence-electron chi connectivity index (χ1n) is 11.5. The molecule has 1 aliphatic heterocycles. The van der Waals surface area contributed by atoms with Gasteiger partial charge in [0.15, 0.2) is 0 Å². The average molecular weight is 451 g/mol. The number of nitrogens with one attached hydrogen (secondary N) is 2. The second-order valence-corrected chi connectivity index (χ2v) is 8.85. The van der Waals surface area contributed by atoms with Crippen LogP contribution in [0.15, 0.2) is 60.9 Å². The van der Waals surface area contributed by atoms with E-state index in [1.165, 1.54) is 17.8 Å². The largest absolute Gasteiger partial charge is 0.343 e. The van der Waals surface area contributed by atoms with E-state index in [9.17, 15) is 9.65 Å². The third-order valence-corrected chi connectivity index (χ3v) is 6.69. The highest BCUT2D eigenvalue weighted by Gasteiger charge is 2.19. The Hall–Kier alpha value is -4.02. The van der Waals surface area contributed by atoms with Crippen molar-refractivity contribution in [2.45, 2.75) is 25.3 Å². The quantitative estimate of drug-likeness (QED) is 0.399. The van der Waals surface area contributed by atoms with Gasteiger partial charge in [-0.25, -0.2) is 14.4 Å². The summed E-state index contributed by atoms with van der Waals surface area (Å²) < 4.78 is 15.7. The first-order chi connectivity index (χ1) is 16.7. The van der Waals surface area contributed by atoms with Gasteiger partial charge in [0, 0.05) is 46.9 Å². The molecule has 7 heteroatoms. The Balaban J connectivity index is 1.45. The predicted molar refractivity (Wildman–Crippen MR) is 130 cm³/mol. The van der Waals surface area contributed by atoms with E-state index in [0.29, 0.717) is 23.7 Å². The maximum absolute atomic E-state index is 13.7. The molecular weight excluding hydrogens is 427 g/mol. The molecule has 5 heterocycles. The molecule has 0 bridgehead atoms. The molecule has 1 aromatic carbocycles. The van der Waals surface area contributed by atoms with Crippen molar-refractivity contribution in [2.24, 2.45) is 0 Å². The molecule has 34 heavy (non-hydrogen) atoms. The Kier molecular flexibility index (Phi) is 5.08. The summed E-state index contributed by atoms with van der Waals surface area (Å²) in [5.41, 5.74) is 5.98. The van der Waals surface area contributed by atoms with Gasteiger partial charge >= 0.3 is 0 Å². The van der Waals surface area contributed by atoms with Crippen molar-refractivity contribution in [2.75, 3.05) is 13.1 Å². The van der Waals surface area contributed by atoms with E-state index < -0.39 is 0 Å². The van der Waals surface area contributed by atoms with Gasteiger partial charge in [-0.15, -0.1) is 0 Å². The third kappa shape index (κ3) is 3.62. The molecule has 0 aliphatic carbocycles. The van der Waals surface area contributed by atoms with Gasteiger partial charge in [0.05, 0.1) is 11.3 Å². The number of nitriles is 1. The van der Waals surface area contributed by atoms with Gasteiger partial charge in [-0.2, -0.15) is 5.26 Å². The number of halogens is 1. The maximum Gasteiger partial charge on any atom is 0.142 e. The van der Waals surface area contributed by atoms with Crippen LogP contribution in [0.4, 0.5) is 4.39 Å². The zero-order valence-corrected chi connectivity index (χ0v) is 18.6. The second-order valence-electron chi connectivity index (χ2n) is 8.85. The van der Waals surface area contributed by atoms with Gasteiger partial charge in [0.25, 0.3) is 0 Å². The third-order valence-electron chi connectivity index (χ3n) is 6.69. The number of aromatic amines is 1. The SMILES string of the molecule is N#Cc1cn(Cc2cccc(F)c2)c2nc(-c3ccnc4[nH]c(C5CCNCC5)cc34)ccc12. The van der Waals surface area contributed by atoms with Crippen LogP contribution in [0.3, 0.4) is 0 Å². The van der Waals surface area contributed by atoms with E-state index in [1.54, 1.807) is 18.5 Å². The number of fused-ring (bicyclic) bond motifs is 2. The Labute approximate surface area is 196 Å². The standard InChI is InChI=1S/C27H23FN6/c28-20-3-1-2-17(12-20)15-34-16-19(14-29)21-4-5-24(33-27(21)34)22-8-11-31-26-23(22)13-25(32-26)18-6-9-30-10-7-18/h1-5,8,11-13,16,18,30H,6-7,9-10,15H2,(H,31,32). The molecule has 6 nitrogen and oxygen atoms in total. The smallest absolute Gasteiger partial charge is 0.142 e. The topological polar surface area (TPSA) is 82.3 Å². The van der Waals surface area contributed by atoms with Crippen LogP contribution in [0, 0.1) is 17.1 Å². The molecule has 0 atom stereocenters. The molecule has 0 saturated carbocycles. The molecule has 1 fully saturated rings. The number of H-pyrrole nitrogens is 1. The molecule has 0 unspecified atom stereocenters. The van der Waals surface area contributed by atoms with Gasteiger partial charge in [0.2, 0.25) is 0 Å². The number of pyridine rings is 2. The van der Waals surface area contributed by atoms with Crippen LogP contribution in [0.2, 0.25) is 0 Å². The lowest BCUT2D eigenvalue weighted by molar-refractivity contribution is 0.455. The number of piperidine rings is 1. The summed E-state index contributed by atoms with van der Waals surface area (Å²) in [5, 5.41) is 14.9. The second kappa shape index (κ2) is 8.40. The van der Waals surface area contributed by atoms with Crippen LogP contribution >= 0.6 is 0 Å². The zero-order chi connectivity index (χ0) is 23.1. The van der Waals surface area contributed by atoms with Crippen molar-refractivity contribution in [3.8, 4) is 17.3 Å². The van der Waals surface area contributed by atoms with Gasteiger partial charge < -0.3 is 14.9 Å². The molecule has 4 aromatic heterocycles. The van der Waals surface area contributed by atoms with Crippen molar-refractivity contribution in [3.63, 3.8) is 0 Å². The number of nitrogens with zero attached hydrogens (tertiary/aromatic N) is 4. The van der Waals surface area contributed by atoms with Crippen LogP contribution in [-0.4, -0.2) is 32.6 Å². The minimum absolute atomic E-state index is 0.278. The molecule has 6 rings (SSSR count). The molecule has 1 aliphatic rings. The highest BCUT2D eigenvalue weighted by Crippen LogP contribution is 2.33. The average Bonchev–Trinajstić information content (AvgIpc) is 3.46. The van der Waals surface area contributed by atoms with Crippen molar-refractivity contribution >= 4 is 22.1 Å². The molecule has 0 spiro atoms. The first kappa shape index (κ1) is 20.6. The van der Waals surface area contributed by atoms with E-state index in [1.807, 2.05) is 28.8 Å². The lowest BCUT2D eigenvalue weighted by atomic mass is 9.94. The minimum Gasteiger partial charge on any atom is -0.343 e. The molecule has 0 radical (unpaired) electrons. The van der Waals surface area contributed by atoms with E-state index in [-0.39, 0.29) is 5.82 Å². The van der Waals surface area contributed by atoms with Gasteiger partial charge in [-0.3, -0.25) is 0 Å². The number of hydrogen-bond donors (Lipinski definition) is 2.